The van der Waals surface area contributed by atoms with E-state index in [0.717, 1.165) is 18.4 Å². The van der Waals surface area contributed by atoms with Crippen LogP contribution >= 0.6 is 0 Å². The molecule has 1 saturated carbocycles. The van der Waals surface area contributed by atoms with Gasteiger partial charge in [0.05, 0.1) is 24.2 Å². The van der Waals surface area contributed by atoms with Gasteiger partial charge in [0.15, 0.2) is 0 Å². The summed E-state index contributed by atoms with van der Waals surface area (Å²) in [7, 11) is 1.73. The molecule has 31 heavy (non-hydrogen) atoms. The predicted molar refractivity (Wildman–Crippen MR) is 118 cm³/mol. The third-order valence-electron chi connectivity index (χ3n) is 6.55. The zero-order valence-corrected chi connectivity index (χ0v) is 18.0. The molecular weight excluding hydrogens is 394 g/mol. The molecule has 2 amide bonds. The molecule has 2 heterocycles. The van der Waals surface area contributed by atoms with E-state index in [4.69, 9.17) is 5.41 Å². The van der Waals surface area contributed by atoms with Crippen LogP contribution in [0.25, 0.3) is 5.70 Å². The lowest BCUT2D eigenvalue weighted by Crippen LogP contribution is -2.55. The fourth-order valence-electron chi connectivity index (χ4n) is 4.18. The second kappa shape index (κ2) is 7.92. The first-order valence-corrected chi connectivity index (χ1v) is 10.7. The third-order valence-corrected chi connectivity index (χ3v) is 6.55. The Bertz CT molecular complexity index is 957. The van der Waals surface area contributed by atoms with E-state index in [1.54, 1.807) is 7.05 Å². The Morgan fingerprint density at radius 2 is 1.84 bits per heavy atom. The van der Waals surface area contributed by atoms with Gasteiger partial charge in [0, 0.05) is 25.6 Å². The average Bonchev–Trinajstić information content (AvgIpc) is 3.53. The number of carbonyl (C=O) groups is 2. The zero-order chi connectivity index (χ0) is 22.2. The van der Waals surface area contributed by atoms with Crippen molar-refractivity contribution in [2.24, 2.45) is 10.4 Å². The maximum atomic E-state index is 12.9. The molecule has 3 N–H and O–H groups in total. The highest BCUT2D eigenvalue weighted by molar-refractivity contribution is 6.47. The molecular formula is C23H29N5O3. The fourth-order valence-corrected chi connectivity index (χ4v) is 4.18. The minimum atomic E-state index is -1.10. The average molecular weight is 424 g/mol. The fraction of sp³-hybridized carbons (Fsp3) is 0.478. The summed E-state index contributed by atoms with van der Waals surface area (Å²) in [5.74, 6) is -0.326. The van der Waals surface area contributed by atoms with Gasteiger partial charge < -0.3 is 15.3 Å². The maximum Gasteiger partial charge on any atom is 0.279 e. The monoisotopic (exact) mass is 423 g/mol. The number of hydrogen-bond acceptors (Lipinski definition) is 6. The van der Waals surface area contributed by atoms with Crippen LogP contribution in [0.5, 0.6) is 0 Å². The van der Waals surface area contributed by atoms with Gasteiger partial charge in [0.1, 0.15) is 11.4 Å². The van der Waals surface area contributed by atoms with Crippen molar-refractivity contribution in [1.82, 2.24) is 15.1 Å². The zero-order valence-electron chi connectivity index (χ0n) is 18.0. The molecule has 0 aromatic heterocycles. The van der Waals surface area contributed by atoms with Gasteiger partial charge in [0.2, 0.25) is 5.91 Å². The van der Waals surface area contributed by atoms with Crippen molar-refractivity contribution in [2.75, 3.05) is 26.7 Å². The van der Waals surface area contributed by atoms with Crippen molar-refractivity contribution in [3.63, 3.8) is 0 Å². The SMILES string of the molecule is CN/C(=C1/N=CN(CC2(O)CCN(C(=O)C3(C)CC3)CC2)C(=O)C1=N)c1ccccc1. The molecule has 4 rings (SSSR count). The molecule has 1 aromatic carbocycles. The standard InChI is InChI=1S/C23H29N5O3/c1-22(8-9-22)21(30)27-12-10-23(31,11-13-27)14-28-15-26-19(17(24)20(28)29)18(25-2)16-6-4-3-5-7-16/h3-7,15,24-25,31H,8-14H2,1-2H3/b19-18+,24-17?. The van der Waals surface area contributed by atoms with Gasteiger partial charge in [-0.1, -0.05) is 37.3 Å². The lowest BCUT2D eigenvalue weighted by molar-refractivity contribution is -0.142. The first kappa shape index (κ1) is 21.2. The number of rotatable bonds is 5. The molecule has 0 atom stereocenters. The number of aliphatic hydroxyl groups is 1. The quantitative estimate of drug-likeness (QED) is 0.669. The minimum Gasteiger partial charge on any atom is -0.388 e. The van der Waals surface area contributed by atoms with E-state index in [-0.39, 0.29) is 29.3 Å². The molecule has 3 aliphatic rings. The van der Waals surface area contributed by atoms with Gasteiger partial charge in [-0.3, -0.25) is 19.9 Å². The highest BCUT2D eigenvalue weighted by atomic mass is 16.3. The summed E-state index contributed by atoms with van der Waals surface area (Å²) in [4.78, 5) is 32.9. The van der Waals surface area contributed by atoms with Crippen LogP contribution in [0.1, 0.15) is 38.2 Å². The van der Waals surface area contributed by atoms with Crippen molar-refractivity contribution in [3.8, 4) is 0 Å². The summed E-state index contributed by atoms with van der Waals surface area (Å²) in [5.41, 5.74) is 0.188. The Kier molecular flexibility index (Phi) is 5.43. The van der Waals surface area contributed by atoms with Gasteiger partial charge in [-0.15, -0.1) is 0 Å². The van der Waals surface area contributed by atoms with Crippen molar-refractivity contribution < 1.29 is 14.7 Å². The van der Waals surface area contributed by atoms with Crippen molar-refractivity contribution in [3.05, 3.63) is 41.6 Å². The molecule has 1 saturated heterocycles. The molecule has 0 radical (unpaired) electrons. The van der Waals surface area contributed by atoms with Crippen LogP contribution in [0.2, 0.25) is 0 Å². The van der Waals surface area contributed by atoms with E-state index in [1.807, 2.05) is 42.2 Å². The summed E-state index contributed by atoms with van der Waals surface area (Å²) in [6, 6.07) is 9.44. The molecule has 1 aromatic rings. The van der Waals surface area contributed by atoms with Crippen molar-refractivity contribution in [1.29, 1.82) is 5.41 Å². The number of benzene rings is 1. The van der Waals surface area contributed by atoms with E-state index < -0.39 is 11.5 Å². The smallest absolute Gasteiger partial charge is 0.279 e. The Morgan fingerprint density at radius 1 is 1.19 bits per heavy atom. The molecule has 164 valence electrons. The van der Waals surface area contributed by atoms with Crippen molar-refractivity contribution >= 4 is 29.6 Å². The van der Waals surface area contributed by atoms with E-state index >= 15 is 0 Å². The number of nitrogens with one attached hydrogen (secondary N) is 2. The second-order valence-corrected chi connectivity index (χ2v) is 8.97. The van der Waals surface area contributed by atoms with E-state index in [2.05, 4.69) is 10.3 Å². The molecule has 0 unspecified atom stereocenters. The Morgan fingerprint density at radius 3 is 2.42 bits per heavy atom. The molecule has 8 nitrogen and oxygen atoms in total. The molecule has 1 aliphatic carbocycles. The Hall–Kier alpha value is -3.00. The summed E-state index contributed by atoms with van der Waals surface area (Å²) < 4.78 is 0. The summed E-state index contributed by atoms with van der Waals surface area (Å²) in [5, 5.41) is 22.5. The lowest BCUT2D eigenvalue weighted by Gasteiger charge is -2.41. The van der Waals surface area contributed by atoms with Gasteiger partial charge in [-0.25, -0.2) is 4.99 Å². The topological polar surface area (TPSA) is 109 Å². The Balaban J connectivity index is 1.46. The van der Waals surface area contributed by atoms with Gasteiger partial charge in [0.25, 0.3) is 5.91 Å². The van der Waals surface area contributed by atoms with Crippen LogP contribution in [-0.4, -0.2) is 71.1 Å². The highest BCUT2D eigenvalue weighted by Gasteiger charge is 2.48. The van der Waals surface area contributed by atoms with E-state index in [1.165, 1.54) is 11.2 Å². The molecule has 2 aliphatic heterocycles. The number of nitrogens with zero attached hydrogens (tertiary/aromatic N) is 3. The second-order valence-electron chi connectivity index (χ2n) is 8.97. The van der Waals surface area contributed by atoms with Crippen LogP contribution in [0, 0.1) is 10.8 Å². The molecule has 8 heteroatoms. The Labute approximate surface area is 182 Å². The highest BCUT2D eigenvalue weighted by Crippen LogP contribution is 2.47. The van der Waals surface area contributed by atoms with Crippen LogP contribution in [0.3, 0.4) is 0 Å². The number of piperidine rings is 1. The number of β-amino-alcohol motifs (C(OH)–C–C–N with tert-alkyl or cyclic N) is 1. The molecule has 0 spiro atoms. The normalized spacial score (nSPS) is 23.6. The summed E-state index contributed by atoms with van der Waals surface area (Å²) in [6.45, 7) is 3.00. The number of amides is 2. The minimum absolute atomic E-state index is 0.0600. The number of carbonyl (C=O) groups excluding carboxylic acids is 2. The predicted octanol–water partition coefficient (Wildman–Crippen LogP) is 1.62. The van der Waals surface area contributed by atoms with E-state index in [9.17, 15) is 14.7 Å². The maximum absolute atomic E-state index is 12.9. The van der Waals surface area contributed by atoms with Crippen molar-refractivity contribution in [2.45, 2.75) is 38.2 Å². The summed E-state index contributed by atoms with van der Waals surface area (Å²) in [6.07, 6.45) is 4.06. The van der Waals surface area contributed by atoms with Gasteiger partial charge in [-0.2, -0.15) is 0 Å². The summed E-state index contributed by atoms with van der Waals surface area (Å²) >= 11 is 0. The lowest BCUT2D eigenvalue weighted by atomic mass is 9.89. The van der Waals surface area contributed by atoms with Crippen LogP contribution in [0.4, 0.5) is 0 Å². The largest absolute Gasteiger partial charge is 0.388 e. The number of likely N-dealkylation sites (tertiary alicyclic amines) is 1. The first-order chi connectivity index (χ1) is 14.8. The van der Waals surface area contributed by atoms with Crippen LogP contribution in [0.15, 0.2) is 41.0 Å². The number of hydrogen-bond donors (Lipinski definition) is 3. The van der Waals surface area contributed by atoms with Gasteiger partial charge in [-0.05, 0) is 31.2 Å². The molecule has 0 bridgehead atoms. The van der Waals surface area contributed by atoms with Crippen LogP contribution in [-0.2, 0) is 9.59 Å². The van der Waals surface area contributed by atoms with Gasteiger partial charge >= 0.3 is 0 Å². The third kappa shape index (κ3) is 4.12. The van der Waals surface area contributed by atoms with E-state index in [0.29, 0.717) is 31.6 Å². The molecule has 2 fully saturated rings. The number of aliphatic imine (C=N–C) groups is 1. The first-order valence-electron chi connectivity index (χ1n) is 10.7. The van der Waals surface area contributed by atoms with Crippen LogP contribution < -0.4 is 5.32 Å².